The van der Waals surface area contributed by atoms with E-state index < -0.39 is 10.0 Å². The summed E-state index contributed by atoms with van der Waals surface area (Å²) in [6.45, 7) is 1.46. The van der Waals surface area contributed by atoms with Crippen molar-refractivity contribution in [1.82, 2.24) is 9.84 Å². The molecule has 0 spiro atoms. The van der Waals surface area contributed by atoms with Crippen molar-refractivity contribution in [2.75, 3.05) is 20.7 Å². The highest BCUT2D eigenvalue weighted by Crippen LogP contribution is 2.16. The number of nitrogens with one attached hydrogen (secondary N) is 1. The van der Waals surface area contributed by atoms with E-state index in [-0.39, 0.29) is 11.5 Å². The molecular weight excluding hydrogens is 252 g/mol. The molecule has 0 saturated carbocycles. The zero-order valence-corrected chi connectivity index (χ0v) is 11.4. The molecule has 0 radical (unpaired) electrons. The highest BCUT2D eigenvalue weighted by Gasteiger charge is 2.17. The Kier molecular flexibility index (Phi) is 4.87. The molecule has 1 aromatic carbocycles. The van der Waals surface area contributed by atoms with Crippen molar-refractivity contribution < 1.29 is 13.5 Å². The molecule has 0 aliphatic heterocycles. The highest BCUT2D eigenvalue weighted by molar-refractivity contribution is 7.89. The lowest BCUT2D eigenvalue weighted by atomic mass is 10.1. The van der Waals surface area contributed by atoms with Crippen molar-refractivity contribution in [2.24, 2.45) is 0 Å². The number of hydrogen-bond donors (Lipinski definition) is 2. The van der Waals surface area contributed by atoms with Gasteiger partial charge in [0.05, 0.1) is 4.90 Å². The van der Waals surface area contributed by atoms with Gasteiger partial charge in [-0.3, -0.25) is 0 Å². The zero-order chi connectivity index (χ0) is 13.8. The maximum Gasteiger partial charge on any atom is 0.253 e. The highest BCUT2D eigenvalue weighted by atomic mass is 32.2. The van der Waals surface area contributed by atoms with Crippen LogP contribution < -0.4 is 4.83 Å². The normalized spacial score (nSPS) is 11.2. The second-order valence-electron chi connectivity index (χ2n) is 3.93. The van der Waals surface area contributed by atoms with Gasteiger partial charge in [-0.05, 0) is 24.6 Å². The second-order valence-corrected chi connectivity index (χ2v) is 5.56. The molecule has 2 N–H and O–H groups in total. The number of rotatable bonds is 3. The van der Waals surface area contributed by atoms with Gasteiger partial charge in [0, 0.05) is 19.7 Å². The Balaban J connectivity index is 3.23. The molecule has 18 heavy (non-hydrogen) atoms. The van der Waals surface area contributed by atoms with Crippen LogP contribution in [0.25, 0.3) is 0 Å². The van der Waals surface area contributed by atoms with Crippen LogP contribution in [0.4, 0.5) is 0 Å². The molecule has 0 fully saturated rings. The monoisotopic (exact) mass is 268 g/mol. The van der Waals surface area contributed by atoms with Gasteiger partial charge in [-0.15, -0.1) is 4.83 Å². The molecule has 0 atom stereocenters. The third kappa shape index (κ3) is 3.82. The third-order valence-electron chi connectivity index (χ3n) is 2.09. The molecule has 5 nitrogen and oxygen atoms in total. The van der Waals surface area contributed by atoms with Crippen LogP contribution in [0.1, 0.15) is 11.1 Å². The van der Waals surface area contributed by atoms with Crippen LogP contribution in [-0.2, 0) is 10.0 Å². The van der Waals surface area contributed by atoms with E-state index >= 15 is 0 Å². The molecule has 0 aliphatic carbocycles. The van der Waals surface area contributed by atoms with Crippen LogP contribution in [0, 0.1) is 18.8 Å². The number of aliphatic hydroxyl groups excluding tert-OH is 1. The lowest BCUT2D eigenvalue weighted by Crippen LogP contribution is -2.36. The summed E-state index contributed by atoms with van der Waals surface area (Å²) in [6, 6.07) is 4.89. The molecule has 98 valence electrons. The molecule has 0 saturated heterocycles. The van der Waals surface area contributed by atoms with E-state index in [1.165, 1.54) is 11.1 Å². The Morgan fingerprint density at radius 2 is 2.06 bits per heavy atom. The van der Waals surface area contributed by atoms with Crippen LogP contribution in [0.3, 0.4) is 0 Å². The number of aliphatic hydroxyl groups is 1. The molecule has 0 aliphatic rings. The largest absolute Gasteiger partial charge is 0.384 e. The first-order valence-electron chi connectivity index (χ1n) is 5.27. The Morgan fingerprint density at radius 1 is 1.39 bits per heavy atom. The maximum absolute atomic E-state index is 12.0. The summed E-state index contributed by atoms with van der Waals surface area (Å²) in [7, 11) is -0.393. The van der Waals surface area contributed by atoms with E-state index in [0.717, 1.165) is 0 Å². The summed E-state index contributed by atoms with van der Waals surface area (Å²) in [4.78, 5) is 2.55. The van der Waals surface area contributed by atoms with Crippen LogP contribution >= 0.6 is 0 Å². The van der Waals surface area contributed by atoms with Crippen molar-refractivity contribution in [3.05, 3.63) is 29.3 Å². The van der Waals surface area contributed by atoms with Gasteiger partial charge in [0.2, 0.25) is 0 Å². The minimum atomic E-state index is -3.59. The summed E-state index contributed by atoms with van der Waals surface area (Å²) in [5.41, 5.74) is 1.19. The molecule has 0 bridgehead atoms. The molecule has 1 aromatic rings. The predicted octanol–water partition coefficient (Wildman–Crippen LogP) is 0.0937. The maximum atomic E-state index is 12.0. The molecular formula is C12H16N2O3S. The first kappa shape index (κ1) is 14.7. The number of hydrogen-bond acceptors (Lipinski definition) is 4. The predicted molar refractivity (Wildman–Crippen MR) is 69.2 cm³/mol. The number of benzene rings is 1. The standard InChI is InChI=1S/C12H16N2O3S/c1-10-6-7-11(5-4-8-15)9-12(10)18(16,17)13-14(2)3/h6-7,9,13,15H,8H2,1-3H3. The average molecular weight is 268 g/mol. The van der Waals surface area contributed by atoms with Crippen molar-refractivity contribution in [1.29, 1.82) is 0 Å². The molecule has 0 heterocycles. The minimum absolute atomic E-state index is 0.181. The van der Waals surface area contributed by atoms with E-state index in [9.17, 15) is 8.42 Å². The number of nitrogens with zero attached hydrogens (tertiary/aromatic N) is 1. The van der Waals surface area contributed by atoms with Gasteiger partial charge in [-0.25, -0.2) is 13.4 Å². The Bertz CT molecular complexity index is 583. The summed E-state index contributed by atoms with van der Waals surface area (Å²) in [6.07, 6.45) is 0. The topological polar surface area (TPSA) is 69.6 Å². The van der Waals surface area contributed by atoms with Crippen molar-refractivity contribution in [3.63, 3.8) is 0 Å². The Hall–Kier alpha value is -1.39. The fraction of sp³-hybridized carbons (Fsp3) is 0.333. The minimum Gasteiger partial charge on any atom is -0.384 e. The van der Waals surface area contributed by atoms with Gasteiger partial charge >= 0.3 is 0 Å². The lowest BCUT2D eigenvalue weighted by Gasteiger charge is -2.14. The van der Waals surface area contributed by atoms with Gasteiger partial charge in [0.25, 0.3) is 10.0 Å². The molecule has 1 rings (SSSR count). The van der Waals surface area contributed by atoms with E-state index in [1.807, 2.05) is 0 Å². The fourth-order valence-electron chi connectivity index (χ4n) is 1.40. The third-order valence-corrected chi connectivity index (χ3v) is 3.72. The van der Waals surface area contributed by atoms with Crippen LogP contribution in [0.2, 0.25) is 0 Å². The van der Waals surface area contributed by atoms with Gasteiger partial charge in [-0.2, -0.15) is 0 Å². The van der Waals surface area contributed by atoms with Crippen LogP contribution in [0.5, 0.6) is 0 Å². The van der Waals surface area contributed by atoms with Crippen molar-refractivity contribution >= 4 is 10.0 Å². The number of sulfonamides is 1. The Morgan fingerprint density at radius 3 is 2.61 bits per heavy atom. The number of hydrazine groups is 1. The fourth-order valence-corrected chi connectivity index (χ4v) is 2.75. The first-order chi connectivity index (χ1) is 8.36. The van der Waals surface area contributed by atoms with Gasteiger partial charge in [-0.1, -0.05) is 17.9 Å². The first-order valence-corrected chi connectivity index (χ1v) is 6.75. The Labute approximate surface area is 107 Å². The summed E-state index contributed by atoms with van der Waals surface area (Å²) in [5.74, 6) is 5.16. The van der Waals surface area contributed by atoms with Crippen LogP contribution in [-0.4, -0.2) is 39.2 Å². The average Bonchev–Trinajstić information content (AvgIpc) is 2.26. The molecule has 0 unspecified atom stereocenters. The molecule has 0 aromatic heterocycles. The van der Waals surface area contributed by atoms with Crippen LogP contribution in [0.15, 0.2) is 23.1 Å². The molecule has 0 amide bonds. The summed E-state index contributed by atoms with van der Waals surface area (Å²) in [5, 5.41) is 9.98. The van der Waals surface area contributed by atoms with E-state index in [4.69, 9.17) is 5.11 Å². The second kappa shape index (κ2) is 5.98. The van der Waals surface area contributed by atoms with Crippen molar-refractivity contribution in [3.8, 4) is 11.8 Å². The van der Waals surface area contributed by atoms with E-state index in [1.54, 1.807) is 33.2 Å². The number of aryl methyl sites for hydroxylation is 1. The SMILES string of the molecule is Cc1ccc(C#CCO)cc1S(=O)(=O)NN(C)C. The summed E-state index contributed by atoms with van der Waals surface area (Å²) >= 11 is 0. The van der Waals surface area contributed by atoms with E-state index in [2.05, 4.69) is 16.7 Å². The van der Waals surface area contributed by atoms with E-state index in [0.29, 0.717) is 11.1 Å². The lowest BCUT2D eigenvalue weighted by molar-refractivity contribution is 0.350. The van der Waals surface area contributed by atoms with Gasteiger partial charge < -0.3 is 5.11 Å². The molecule has 6 heteroatoms. The van der Waals surface area contributed by atoms with Gasteiger partial charge in [0.1, 0.15) is 6.61 Å². The van der Waals surface area contributed by atoms with Crippen molar-refractivity contribution in [2.45, 2.75) is 11.8 Å². The van der Waals surface area contributed by atoms with Gasteiger partial charge in [0.15, 0.2) is 0 Å². The zero-order valence-electron chi connectivity index (χ0n) is 10.6. The smallest absolute Gasteiger partial charge is 0.253 e. The summed E-state index contributed by atoms with van der Waals surface area (Å²) < 4.78 is 24.1. The quantitative estimate of drug-likeness (QED) is 0.602.